The van der Waals surface area contributed by atoms with Crippen LogP contribution in [-0.2, 0) is 25.7 Å². The normalized spacial score (nSPS) is 30.4. The van der Waals surface area contributed by atoms with Crippen molar-refractivity contribution >= 4 is 35.0 Å². The Bertz CT molecular complexity index is 1190. The second-order valence-corrected chi connectivity index (χ2v) is 10.5. The number of amides is 3. The summed E-state index contributed by atoms with van der Waals surface area (Å²) in [5, 5.41) is 16.0. The lowest BCUT2D eigenvalue weighted by atomic mass is 9.66. The number of carbonyl (C=O) groups excluding carboxylic acids is 3. The number of carbonyl (C=O) groups is 3. The first-order valence-corrected chi connectivity index (χ1v) is 12.6. The van der Waals surface area contributed by atoms with E-state index in [4.69, 9.17) is 16.3 Å². The van der Waals surface area contributed by atoms with Gasteiger partial charge < -0.3 is 25.4 Å². The van der Waals surface area contributed by atoms with Crippen molar-refractivity contribution in [2.45, 2.75) is 50.5 Å². The van der Waals surface area contributed by atoms with E-state index in [1.165, 1.54) is 4.90 Å². The van der Waals surface area contributed by atoms with Gasteiger partial charge in [-0.2, -0.15) is 0 Å². The van der Waals surface area contributed by atoms with Gasteiger partial charge in [-0.05, 0) is 43.9 Å². The molecule has 3 fully saturated rings. The van der Waals surface area contributed by atoms with Gasteiger partial charge in [-0.25, -0.2) is 0 Å². The molecule has 1 spiro atoms. The molecule has 2 aromatic rings. The van der Waals surface area contributed by atoms with Gasteiger partial charge in [0.25, 0.3) is 0 Å². The van der Waals surface area contributed by atoms with Crippen molar-refractivity contribution < 1.29 is 24.2 Å². The SMILES string of the molecule is Cc1cccc(Cl)c1NC(=O)C1N(CCO)C(=O)[C@@H]2[C@H](C(=O)NCc3ccccc3)[C@]3(C)CCC12O3. The fourth-order valence-electron chi connectivity index (χ4n) is 6.35. The average molecular weight is 512 g/mol. The highest BCUT2D eigenvalue weighted by atomic mass is 35.5. The lowest BCUT2D eigenvalue weighted by molar-refractivity contribution is -0.145. The number of likely N-dealkylation sites (tertiary alicyclic amines) is 1. The third-order valence-electron chi connectivity index (χ3n) is 7.93. The number of aliphatic hydroxyl groups is 1. The van der Waals surface area contributed by atoms with Crippen LogP contribution in [0.4, 0.5) is 5.69 Å². The van der Waals surface area contributed by atoms with Crippen molar-refractivity contribution in [2.24, 2.45) is 11.8 Å². The van der Waals surface area contributed by atoms with Gasteiger partial charge in [0.05, 0.1) is 34.8 Å². The molecule has 0 aliphatic carbocycles. The molecule has 2 aromatic carbocycles. The van der Waals surface area contributed by atoms with Crippen molar-refractivity contribution in [3.05, 3.63) is 64.7 Å². The molecule has 5 atom stereocenters. The summed E-state index contributed by atoms with van der Waals surface area (Å²) in [7, 11) is 0. The van der Waals surface area contributed by atoms with Gasteiger partial charge in [-0.3, -0.25) is 14.4 Å². The van der Waals surface area contributed by atoms with Crippen molar-refractivity contribution in [3.8, 4) is 0 Å². The monoisotopic (exact) mass is 511 g/mol. The third kappa shape index (κ3) is 3.79. The number of hydrogen-bond donors (Lipinski definition) is 3. The highest BCUT2D eigenvalue weighted by Crippen LogP contribution is 2.63. The van der Waals surface area contributed by atoms with Gasteiger partial charge in [-0.15, -0.1) is 0 Å². The van der Waals surface area contributed by atoms with Crippen LogP contribution in [0, 0.1) is 18.8 Å². The van der Waals surface area contributed by atoms with Crippen LogP contribution in [0.3, 0.4) is 0 Å². The van der Waals surface area contributed by atoms with Gasteiger partial charge >= 0.3 is 0 Å². The lowest BCUT2D eigenvalue weighted by Crippen LogP contribution is -2.54. The Morgan fingerprint density at radius 2 is 1.89 bits per heavy atom. The lowest BCUT2D eigenvalue weighted by Gasteiger charge is -2.33. The molecule has 3 N–H and O–H groups in total. The summed E-state index contributed by atoms with van der Waals surface area (Å²) in [5.41, 5.74) is 0.170. The number of rotatable bonds is 7. The van der Waals surface area contributed by atoms with E-state index in [-0.39, 0.29) is 25.0 Å². The number of β-amino-alcohol motifs (C(OH)–C–C–N with tert-alkyl or cyclic N) is 1. The number of para-hydroxylation sites is 1. The summed E-state index contributed by atoms with van der Waals surface area (Å²) in [6.45, 7) is 3.67. The Morgan fingerprint density at radius 1 is 1.14 bits per heavy atom. The van der Waals surface area contributed by atoms with Crippen molar-refractivity contribution in [1.29, 1.82) is 0 Å². The third-order valence-corrected chi connectivity index (χ3v) is 8.24. The second kappa shape index (κ2) is 9.18. The quantitative estimate of drug-likeness (QED) is 0.529. The Morgan fingerprint density at radius 3 is 2.58 bits per heavy atom. The molecule has 5 rings (SSSR count). The minimum absolute atomic E-state index is 0.0326. The van der Waals surface area contributed by atoms with Crippen LogP contribution in [0.1, 0.15) is 30.9 Å². The topological polar surface area (TPSA) is 108 Å². The number of nitrogens with one attached hydrogen (secondary N) is 2. The van der Waals surface area contributed by atoms with Gasteiger partial charge in [0.15, 0.2) is 0 Å². The first kappa shape index (κ1) is 24.7. The molecule has 3 heterocycles. The molecule has 8 nitrogen and oxygen atoms in total. The molecule has 9 heteroatoms. The zero-order valence-electron chi connectivity index (χ0n) is 20.3. The van der Waals surface area contributed by atoms with Crippen molar-refractivity contribution in [3.63, 3.8) is 0 Å². The Labute approximate surface area is 215 Å². The average Bonchev–Trinajstić information content (AvgIpc) is 3.42. The van der Waals surface area contributed by atoms with E-state index in [9.17, 15) is 19.5 Å². The number of nitrogens with zero attached hydrogens (tertiary/aromatic N) is 1. The van der Waals surface area contributed by atoms with E-state index in [2.05, 4.69) is 10.6 Å². The van der Waals surface area contributed by atoms with Crippen LogP contribution < -0.4 is 10.6 Å². The smallest absolute Gasteiger partial charge is 0.250 e. The second-order valence-electron chi connectivity index (χ2n) is 10.1. The fraction of sp³-hybridized carbons (Fsp3) is 0.444. The molecular weight excluding hydrogens is 482 g/mol. The molecule has 2 unspecified atom stereocenters. The van der Waals surface area contributed by atoms with Gasteiger partial charge in [0.1, 0.15) is 11.6 Å². The predicted molar refractivity (Wildman–Crippen MR) is 134 cm³/mol. The van der Waals surface area contributed by atoms with Crippen molar-refractivity contribution in [2.75, 3.05) is 18.5 Å². The molecule has 3 aliphatic rings. The van der Waals surface area contributed by atoms with Crippen LogP contribution in [0.15, 0.2) is 48.5 Å². The van der Waals surface area contributed by atoms with Crippen LogP contribution in [-0.4, -0.2) is 58.1 Å². The van der Waals surface area contributed by atoms with Crippen LogP contribution in [0.2, 0.25) is 5.02 Å². The first-order valence-electron chi connectivity index (χ1n) is 12.2. The van der Waals surface area contributed by atoms with E-state index in [0.29, 0.717) is 30.1 Å². The number of benzene rings is 2. The van der Waals surface area contributed by atoms with Gasteiger partial charge in [0.2, 0.25) is 17.7 Å². The van der Waals surface area contributed by atoms with E-state index in [1.807, 2.05) is 50.2 Å². The van der Waals surface area contributed by atoms with E-state index < -0.39 is 35.0 Å². The Balaban J connectivity index is 1.46. The largest absolute Gasteiger partial charge is 0.395 e. The summed E-state index contributed by atoms with van der Waals surface area (Å²) >= 11 is 6.35. The number of anilines is 1. The molecule has 0 saturated carbocycles. The predicted octanol–water partition coefficient (Wildman–Crippen LogP) is 2.66. The summed E-state index contributed by atoms with van der Waals surface area (Å²) in [5.74, 6) is -2.62. The van der Waals surface area contributed by atoms with Crippen LogP contribution >= 0.6 is 11.6 Å². The standard InChI is InChI=1S/C27H30ClN3O5/c1-16-7-6-10-18(28)21(16)30-24(34)22-27-12-11-26(2,36-27)19(20(27)25(35)31(22)13-14-32)23(33)29-15-17-8-4-3-5-9-17/h3-10,19-20,22,32H,11-15H2,1-2H3,(H,29,33)(H,30,34)/t19-,20+,22?,26+,27?/m1/s1. The molecule has 3 saturated heterocycles. The molecule has 0 radical (unpaired) electrons. The van der Waals surface area contributed by atoms with Gasteiger partial charge in [0, 0.05) is 13.1 Å². The zero-order valence-corrected chi connectivity index (χ0v) is 21.0. The molecule has 3 amide bonds. The van der Waals surface area contributed by atoms with Gasteiger partial charge in [-0.1, -0.05) is 54.1 Å². The minimum Gasteiger partial charge on any atom is -0.395 e. The fourth-order valence-corrected chi connectivity index (χ4v) is 6.62. The number of hydrogen-bond acceptors (Lipinski definition) is 5. The molecule has 36 heavy (non-hydrogen) atoms. The van der Waals surface area contributed by atoms with Crippen molar-refractivity contribution in [1.82, 2.24) is 10.2 Å². The maximum Gasteiger partial charge on any atom is 0.250 e. The summed E-state index contributed by atoms with van der Waals surface area (Å²) in [6.07, 6.45) is 1.01. The summed E-state index contributed by atoms with van der Waals surface area (Å²) in [4.78, 5) is 42.3. The summed E-state index contributed by atoms with van der Waals surface area (Å²) < 4.78 is 6.54. The van der Waals surface area contributed by atoms with Crippen LogP contribution in [0.25, 0.3) is 0 Å². The maximum atomic E-state index is 13.7. The van der Waals surface area contributed by atoms with E-state index in [1.54, 1.807) is 12.1 Å². The number of aliphatic hydroxyl groups excluding tert-OH is 1. The van der Waals surface area contributed by atoms with E-state index >= 15 is 0 Å². The zero-order chi connectivity index (χ0) is 25.7. The maximum absolute atomic E-state index is 13.7. The Hall–Kier alpha value is -2.94. The van der Waals surface area contributed by atoms with Crippen LogP contribution in [0.5, 0.6) is 0 Å². The number of fused-ring (bicyclic) bond motifs is 1. The highest BCUT2D eigenvalue weighted by molar-refractivity contribution is 6.34. The number of ether oxygens (including phenoxy) is 1. The summed E-state index contributed by atoms with van der Waals surface area (Å²) in [6, 6.07) is 13.9. The number of aryl methyl sites for hydroxylation is 1. The van der Waals surface area contributed by atoms with E-state index in [0.717, 1.165) is 11.1 Å². The molecular formula is C27H30ClN3O5. The molecule has 2 bridgehead atoms. The Kier molecular flexibility index (Phi) is 6.31. The molecule has 190 valence electrons. The highest BCUT2D eigenvalue weighted by Gasteiger charge is 2.77. The number of halogens is 1. The first-order chi connectivity index (χ1) is 17.2. The molecule has 0 aromatic heterocycles. The minimum atomic E-state index is -1.16. The molecule has 3 aliphatic heterocycles.